The molecule has 2 unspecified atom stereocenters. The van der Waals surface area contributed by atoms with Gasteiger partial charge in [0.15, 0.2) is 0 Å². The Balaban J connectivity index is 2.48. The molecule has 2 atom stereocenters. The molecule has 0 spiro atoms. The molecule has 5 heteroatoms. The second-order valence-electron chi connectivity index (χ2n) is 5.11. The van der Waals surface area contributed by atoms with E-state index in [2.05, 4.69) is 12.2 Å². The first-order valence-corrected chi connectivity index (χ1v) is 7.43. The number of amides is 1. The van der Waals surface area contributed by atoms with Crippen LogP contribution in [-0.4, -0.2) is 34.7 Å². The monoisotopic (exact) mass is 246 g/mol. The zero-order valence-corrected chi connectivity index (χ0v) is 11.1. The Labute approximate surface area is 99.8 Å². The molecule has 1 saturated carbocycles. The highest BCUT2D eigenvalue weighted by molar-refractivity contribution is 7.84. The molecule has 0 aromatic heterocycles. The molecule has 94 valence electrons. The summed E-state index contributed by atoms with van der Waals surface area (Å²) in [6.45, 7) is 4.42. The van der Waals surface area contributed by atoms with Crippen LogP contribution in [0.5, 0.6) is 0 Å². The molecule has 1 aliphatic carbocycles. The number of nitrogens with two attached hydrogens (primary N) is 1. The van der Waals surface area contributed by atoms with Crippen molar-refractivity contribution in [1.82, 2.24) is 5.32 Å². The van der Waals surface area contributed by atoms with Gasteiger partial charge >= 0.3 is 0 Å². The van der Waals surface area contributed by atoms with Crippen LogP contribution in [0.2, 0.25) is 0 Å². The molecular formula is C11H22N2O2S. The van der Waals surface area contributed by atoms with E-state index in [0.29, 0.717) is 18.2 Å². The van der Waals surface area contributed by atoms with E-state index >= 15 is 0 Å². The lowest BCUT2D eigenvalue weighted by Crippen LogP contribution is -2.55. The van der Waals surface area contributed by atoms with Gasteiger partial charge in [-0.15, -0.1) is 0 Å². The summed E-state index contributed by atoms with van der Waals surface area (Å²) >= 11 is 0. The molecule has 0 aliphatic heterocycles. The number of nitrogens with one attached hydrogen (secondary N) is 1. The molecule has 1 fully saturated rings. The van der Waals surface area contributed by atoms with Crippen molar-refractivity contribution in [3.63, 3.8) is 0 Å². The molecule has 0 bridgehead atoms. The SMILES string of the molecule is CC1CC(CN)(C(=O)NC(C)CS(C)=O)C1. The third-order valence-electron chi connectivity index (χ3n) is 3.21. The van der Waals surface area contributed by atoms with E-state index in [1.54, 1.807) is 6.26 Å². The first kappa shape index (κ1) is 13.6. The van der Waals surface area contributed by atoms with Gasteiger partial charge in [-0.25, -0.2) is 0 Å². The highest BCUT2D eigenvalue weighted by atomic mass is 32.2. The van der Waals surface area contributed by atoms with Gasteiger partial charge in [-0.1, -0.05) is 6.92 Å². The van der Waals surface area contributed by atoms with Gasteiger partial charge in [0.05, 0.1) is 5.41 Å². The summed E-state index contributed by atoms with van der Waals surface area (Å²) in [6.07, 6.45) is 3.39. The Bertz CT molecular complexity index is 288. The van der Waals surface area contributed by atoms with Crippen molar-refractivity contribution in [3.8, 4) is 0 Å². The van der Waals surface area contributed by atoms with Crippen molar-refractivity contribution < 1.29 is 9.00 Å². The number of rotatable bonds is 5. The van der Waals surface area contributed by atoms with E-state index in [1.165, 1.54) is 0 Å². The van der Waals surface area contributed by atoms with Crippen molar-refractivity contribution in [3.05, 3.63) is 0 Å². The zero-order valence-electron chi connectivity index (χ0n) is 10.3. The molecule has 1 aliphatic rings. The van der Waals surface area contributed by atoms with Crippen LogP contribution in [0.3, 0.4) is 0 Å². The summed E-state index contributed by atoms with van der Waals surface area (Å²) in [4.78, 5) is 12.0. The standard InChI is InChI=1S/C11H22N2O2S/c1-8-4-11(5-8,7-12)10(14)13-9(2)6-16(3)15/h8-9H,4-7,12H2,1-3H3,(H,13,14). The van der Waals surface area contributed by atoms with Gasteiger partial charge in [-0.2, -0.15) is 0 Å². The van der Waals surface area contributed by atoms with Gasteiger partial charge in [0.25, 0.3) is 0 Å². The number of hydrogen-bond acceptors (Lipinski definition) is 3. The predicted molar refractivity (Wildman–Crippen MR) is 66.4 cm³/mol. The summed E-state index contributed by atoms with van der Waals surface area (Å²) < 4.78 is 11.0. The van der Waals surface area contributed by atoms with Crippen LogP contribution in [0, 0.1) is 11.3 Å². The second kappa shape index (κ2) is 5.27. The summed E-state index contributed by atoms with van der Waals surface area (Å²) in [7, 11) is -0.878. The summed E-state index contributed by atoms with van der Waals surface area (Å²) in [6, 6.07) is -0.0438. The van der Waals surface area contributed by atoms with Crippen molar-refractivity contribution in [1.29, 1.82) is 0 Å². The minimum Gasteiger partial charge on any atom is -0.352 e. The number of hydrogen-bond donors (Lipinski definition) is 2. The maximum atomic E-state index is 12.0. The Kier molecular flexibility index (Phi) is 4.50. The minimum absolute atomic E-state index is 0.0334. The quantitative estimate of drug-likeness (QED) is 0.730. The molecule has 0 aromatic rings. The molecule has 0 saturated heterocycles. The van der Waals surface area contributed by atoms with Crippen molar-refractivity contribution >= 4 is 16.7 Å². The van der Waals surface area contributed by atoms with E-state index in [9.17, 15) is 9.00 Å². The highest BCUT2D eigenvalue weighted by Gasteiger charge is 2.47. The maximum Gasteiger partial charge on any atom is 0.227 e. The average Bonchev–Trinajstić information content (AvgIpc) is 2.10. The van der Waals surface area contributed by atoms with Gasteiger partial charge in [0, 0.05) is 35.4 Å². The molecular weight excluding hydrogens is 224 g/mol. The van der Waals surface area contributed by atoms with E-state index in [-0.39, 0.29) is 17.4 Å². The fraction of sp³-hybridized carbons (Fsp3) is 0.909. The zero-order chi connectivity index (χ0) is 12.3. The van der Waals surface area contributed by atoms with Crippen LogP contribution < -0.4 is 11.1 Å². The van der Waals surface area contributed by atoms with E-state index in [4.69, 9.17) is 5.73 Å². The molecule has 1 amide bonds. The van der Waals surface area contributed by atoms with Crippen LogP contribution in [-0.2, 0) is 15.6 Å². The van der Waals surface area contributed by atoms with Crippen LogP contribution in [0.15, 0.2) is 0 Å². The molecule has 1 rings (SSSR count). The van der Waals surface area contributed by atoms with Gasteiger partial charge in [0.1, 0.15) is 0 Å². The van der Waals surface area contributed by atoms with Crippen LogP contribution in [0.4, 0.5) is 0 Å². The third-order valence-corrected chi connectivity index (χ3v) is 4.18. The molecule has 0 heterocycles. The number of carbonyl (C=O) groups excluding carboxylic acids is 1. The first-order valence-electron chi connectivity index (χ1n) is 5.70. The molecule has 0 aromatic carbocycles. The largest absolute Gasteiger partial charge is 0.352 e. The van der Waals surface area contributed by atoms with E-state index in [0.717, 1.165) is 12.8 Å². The van der Waals surface area contributed by atoms with Crippen molar-refractivity contribution in [2.45, 2.75) is 32.7 Å². The second-order valence-corrected chi connectivity index (χ2v) is 6.59. The van der Waals surface area contributed by atoms with Crippen LogP contribution in [0.25, 0.3) is 0 Å². The van der Waals surface area contributed by atoms with E-state index in [1.807, 2.05) is 6.92 Å². The Morgan fingerprint density at radius 1 is 1.62 bits per heavy atom. The van der Waals surface area contributed by atoms with Gasteiger partial charge in [-0.05, 0) is 25.7 Å². The van der Waals surface area contributed by atoms with Crippen LogP contribution >= 0.6 is 0 Å². The molecule has 3 N–H and O–H groups in total. The first-order chi connectivity index (χ1) is 7.39. The van der Waals surface area contributed by atoms with Crippen molar-refractivity contribution in [2.75, 3.05) is 18.6 Å². The predicted octanol–water partition coefficient (Wildman–Crippen LogP) is 0.245. The fourth-order valence-corrected chi connectivity index (χ4v) is 3.28. The Hall–Kier alpha value is -0.420. The number of carbonyl (C=O) groups is 1. The minimum atomic E-state index is -0.878. The van der Waals surface area contributed by atoms with Crippen LogP contribution in [0.1, 0.15) is 26.7 Å². The Morgan fingerprint density at radius 2 is 2.19 bits per heavy atom. The fourth-order valence-electron chi connectivity index (χ4n) is 2.49. The average molecular weight is 246 g/mol. The molecule has 0 radical (unpaired) electrons. The summed E-state index contributed by atoms with van der Waals surface area (Å²) in [5.41, 5.74) is 5.33. The molecule has 4 nitrogen and oxygen atoms in total. The Morgan fingerprint density at radius 3 is 2.56 bits per heavy atom. The maximum absolute atomic E-state index is 12.0. The lowest BCUT2D eigenvalue weighted by molar-refractivity contribution is -0.138. The van der Waals surface area contributed by atoms with Gasteiger partial charge in [0.2, 0.25) is 5.91 Å². The summed E-state index contributed by atoms with van der Waals surface area (Å²) in [5.74, 6) is 1.12. The highest BCUT2D eigenvalue weighted by Crippen LogP contribution is 2.44. The lowest BCUT2D eigenvalue weighted by atomic mass is 9.62. The lowest BCUT2D eigenvalue weighted by Gasteiger charge is -2.44. The topological polar surface area (TPSA) is 72.2 Å². The van der Waals surface area contributed by atoms with E-state index < -0.39 is 10.8 Å². The smallest absolute Gasteiger partial charge is 0.227 e. The van der Waals surface area contributed by atoms with Crippen molar-refractivity contribution in [2.24, 2.45) is 17.1 Å². The third kappa shape index (κ3) is 3.04. The van der Waals surface area contributed by atoms with Gasteiger partial charge in [-0.3, -0.25) is 9.00 Å². The van der Waals surface area contributed by atoms with Gasteiger partial charge < -0.3 is 11.1 Å². The molecule has 16 heavy (non-hydrogen) atoms. The normalized spacial score (nSPS) is 32.6. The summed E-state index contributed by atoms with van der Waals surface area (Å²) in [5, 5.41) is 2.91.